The lowest BCUT2D eigenvalue weighted by Crippen LogP contribution is -2.45. The Bertz CT molecular complexity index is 190. The summed E-state index contributed by atoms with van der Waals surface area (Å²) in [5, 5.41) is 18.7. The summed E-state index contributed by atoms with van der Waals surface area (Å²) in [5.41, 5.74) is 0. The molecule has 0 bridgehead atoms. The fraction of sp³-hybridized carbons (Fsp3) is 1.00. The van der Waals surface area contributed by atoms with Crippen molar-refractivity contribution in [1.29, 1.82) is 0 Å². The van der Waals surface area contributed by atoms with Gasteiger partial charge >= 0.3 is 0 Å². The van der Waals surface area contributed by atoms with Crippen molar-refractivity contribution in [2.75, 3.05) is 19.7 Å². The highest BCUT2D eigenvalue weighted by atomic mass is 16.3. The molecule has 3 heteroatoms. The van der Waals surface area contributed by atoms with E-state index in [0.717, 1.165) is 38.8 Å². The summed E-state index contributed by atoms with van der Waals surface area (Å²) in [6.45, 7) is 2.58. The van der Waals surface area contributed by atoms with Crippen molar-refractivity contribution in [2.45, 2.75) is 50.7 Å². The molecule has 88 valence electrons. The van der Waals surface area contributed by atoms with Crippen LogP contribution in [-0.4, -0.2) is 47.0 Å². The average Bonchev–Trinajstić information content (AvgIpc) is 2.29. The average molecular weight is 213 g/mol. The number of piperidine rings is 1. The molecule has 2 fully saturated rings. The standard InChI is InChI=1S/C12H23NO2/c14-9-10-4-6-13(7-5-10)11-2-1-3-12(15)8-11/h10-12,14-15H,1-9H2. The normalized spacial score (nSPS) is 35.6. The molecule has 1 saturated carbocycles. The van der Waals surface area contributed by atoms with Crippen LogP contribution in [0.25, 0.3) is 0 Å². The maximum absolute atomic E-state index is 9.64. The number of hydrogen-bond acceptors (Lipinski definition) is 3. The van der Waals surface area contributed by atoms with Gasteiger partial charge in [0.05, 0.1) is 6.10 Å². The van der Waals surface area contributed by atoms with E-state index < -0.39 is 0 Å². The molecule has 1 aliphatic carbocycles. The van der Waals surface area contributed by atoms with E-state index in [1.807, 2.05) is 0 Å². The minimum Gasteiger partial charge on any atom is -0.396 e. The Morgan fingerprint density at radius 1 is 1.07 bits per heavy atom. The molecule has 0 spiro atoms. The van der Waals surface area contributed by atoms with Crippen LogP contribution in [0.2, 0.25) is 0 Å². The Morgan fingerprint density at radius 2 is 1.80 bits per heavy atom. The number of nitrogens with zero attached hydrogens (tertiary/aromatic N) is 1. The lowest BCUT2D eigenvalue weighted by molar-refractivity contribution is 0.0372. The molecule has 2 rings (SSSR count). The van der Waals surface area contributed by atoms with Crippen molar-refractivity contribution in [3.63, 3.8) is 0 Å². The van der Waals surface area contributed by atoms with Crippen LogP contribution in [0.5, 0.6) is 0 Å². The van der Waals surface area contributed by atoms with Crippen molar-refractivity contribution in [3.8, 4) is 0 Å². The van der Waals surface area contributed by atoms with Gasteiger partial charge in [-0.2, -0.15) is 0 Å². The maximum atomic E-state index is 9.64. The first-order valence-corrected chi connectivity index (χ1v) is 6.32. The van der Waals surface area contributed by atoms with Crippen LogP contribution in [0, 0.1) is 5.92 Å². The molecule has 2 N–H and O–H groups in total. The second-order valence-electron chi connectivity index (χ2n) is 5.14. The first kappa shape index (κ1) is 11.4. The second kappa shape index (κ2) is 5.28. The third kappa shape index (κ3) is 2.92. The van der Waals surface area contributed by atoms with Crippen LogP contribution in [-0.2, 0) is 0 Å². The molecule has 2 unspecified atom stereocenters. The summed E-state index contributed by atoms with van der Waals surface area (Å²) in [7, 11) is 0. The second-order valence-corrected chi connectivity index (χ2v) is 5.14. The molecule has 2 aliphatic rings. The topological polar surface area (TPSA) is 43.7 Å². The van der Waals surface area contributed by atoms with E-state index in [1.54, 1.807) is 0 Å². The Hall–Kier alpha value is -0.120. The summed E-state index contributed by atoms with van der Waals surface area (Å²) in [6, 6.07) is 0.605. The van der Waals surface area contributed by atoms with E-state index in [0.29, 0.717) is 18.6 Å². The monoisotopic (exact) mass is 213 g/mol. The fourth-order valence-electron chi connectivity index (χ4n) is 2.97. The lowest BCUT2D eigenvalue weighted by Gasteiger charge is -2.40. The van der Waals surface area contributed by atoms with Gasteiger partial charge in [0.15, 0.2) is 0 Å². The van der Waals surface area contributed by atoms with Crippen molar-refractivity contribution < 1.29 is 10.2 Å². The number of aliphatic hydroxyl groups is 2. The van der Waals surface area contributed by atoms with Crippen molar-refractivity contribution >= 4 is 0 Å². The van der Waals surface area contributed by atoms with Gasteiger partial charge in [-0.25, -0.2) is 0 Å². The van der Waals surface area contributed by atoms with Gasteiger partial charge in [0, 0.05) is 12.6 Å². The van der Waals surface area contributed by atoms with Gasteiger partial charge in [-0.05, 0) is 57.5 Å². The van der Waals surface area contributed by atoms with E-state index in [-0.39, 0.29) is 6.10 Å². The Morgan fingerprint density at radius 3 is 2.40 bits per heavy atom. The molecular weight excluding hydrogens is 190 g/mol. The molecule has 0 amide bonds. The van der Waals surface area contributed by atoms with Crippen LogP contribution in [0.1, 0.15) is 38.5 Å². The van der Waals surface area contributed by atoms with E-state index >= 15 is 0 Å². The zero-order valence-electron chi connectivity index (χ0n) is 9.44. The molecule has 1 aliphatic heterocycles. The molecular formula is C12H23NO2. The molecule has 1 saturated heterocycles. The van der Waals surface area contributed by atoms with Crippen LogP contribution in [0.3, 0.4) is 0 Å². The molecule has 15 heavy (non-hydrogen) atoms. The maximum Gasteiger partial charge on any atom is 0.0555 e. The Labute approximate surface area is 92.1 Å². The summed E-state index contributed by atoms with van der Waals surface area (Å²) >= 11 is 0. The summed E-state index contributed by atoms with van der Waals surface area (Å²) < 4.78 is 0. The summed E-state index contributed by atoms with van der Waals surface area (Å²) in [6.07, 6.45) is 6.56. The zero-order chi connectivity index (χ0) is 10.7. The van der Waals surface area contributed by atoms with E-state index in [2.05, 4.69) is 4.90 Å². The number of aliphatic hydroxyl groups excluding tert-OH is 2. The van der Waals surface area contributed by atoms with Crippen LogP contribution in [0.4, 0.5) is 0 Å². The summed E-state index contributed by atoms with van der Waals surface area (Å²) in [4.78, 5) is 2.52. The van der Waals surface area contributed by atoms with Gasteiger partial charge in [-0.15, -0.1) is 0 Å². The Kier molecular flexibility index (Phi) is 4.00. The fourth-order valence-corrected chi connectivity index (χ4v) is 2.97. The molecule has 2 atom stereocenters. The van der Waals surface area contributed by atoms with E-state index in [9.17, 15) is 5.11 Å². The van der Waals surface area contributed by atoms with Crippen LogP contribution in [0.15, 0.2) is 0 Å². The van der Waals surface area contributed by atoms with Gasteiger partial charge in [-0.1, -0.05) is 0 Å². The van der Waals surface area contributed by atoms with E-state index in [1.165, 1.54) is 12.8 Å². The van der Waals surface area contributed by atoms with Gasteiger partial charge < -0.3 is 15.1 Å². The van der Waals surface area contributed by atoms with Crippen LogP contribution < -0.4 is 0 Å². The van der Waals surface area contributed by atoms with Crippen LogP contribution >= 0.6 is 0 Å². The highest BCUT2D eigenvalue weighted by Crippen LogP contribution is 2.27. The molecule has 0 aromatic carbocycles. The molecule has 0 aromatic rings. The van der Waals surface area contributed by atoms with Gasteiger partial charge in [0.2, 0.25) is 0 Å². The van der Waals surface area contributed by atoms with E-state index in [4.69, 9.17) is 5.11 Å². The largest absolute Gasteiger partial charge is 0.396 e. The molecule has 0 aromatic heterocycles. The third-order valence-corrected chi connectivity index (χ3v) is 4.04. The highest BCUT2D eigenvalue weighted by molar-refractivity contribution is 4.83. The predicted molar refractivity (Wildman–Crippen MR) is 59.6 cm³/mol. The number of hydrogen-bond donors (Lipinski definition) is 2. The first-order valence-electron chi connectivity index (χ1n) is 6.32. The minimum absolute atomic E-state index is 0.0701. The first-order chi connectivity index (χ1) is 7.29. The molecule has 1 heterocycles. The molecule has 3 nitrogen and oxygen atoms in total. The minimum atomic E-state index is -0.0701. The van der Waals surface area contributed by atoms with Crippen molar-refractivity contribution in [3.05, 3.63) is 0 Å². The van der Waals surface area contributed by atoms with Crippen molar-refractivity contribution in [1.82, 2.24) is 4.90 Å². The van der Waals surface area contributed by atoms with Gasteiger partial charge in [-0.3, -0.25) is 0 Å². The van der Waals surface area contributed by atoms with Crippen molar-refractivity contribution in [2.24, 2.45) is 5.92 Å². The lowest BCUT2D eigenvalue weighted by atomic mass is 9.89. The smallest absolute Gasteiger partial charge is 0.0555 e. The molecule has 0 radical (unpaired) electrons. The number of likely N-dealkylation sites (tertiary alicyclic amines) is 1. The predicted octanol–water partition coefficient (Wildman–Crippen LogP) is 0.994. The quantitative estimate of drug-likeness (QED) is 0.719. The number of rotatable bonds is 2. The zero-order valence-corrected chi connectivity index (χ0v) is 9.44. The van der Waals surface area contributed by atoms with Gasteiger partial charge in [0.1, 0.15) is 0 Å². The summed E-state index contributed by atoms with van der Waals surface area (Å²) in [5.74, 6) is 0.523. The highest BCUT2D eigenvalue weighted by Gasteiger charge is 2.28. The van der Waals surface area contributed by atoms with Gasteiger partial charge in [0.25, 0.3) is 0 Å². The SMILES string of the molecule is OCC1CCN(C2CCCC(O)C2)CC1. The Balaban J connectivity index is 1.79. The third-order valence-electron chi connectivity index (χ3n) is 4.04.